The Hall–Kier alpha value is -1.48. The van der Waals surface area contributed by atoms with Crippen molar-refractivity contribution in [1.29, 1.82) is 0 Å². The molecule has 0 aliphatic heterocycles. The number of halogens is 4. The van der Waals surface area contributed by atoms with Crippen LogP contribution in [0.2, 0.25) is 0 Å². The van der Waals surface area contributed by atoms with Crippen LogP contribution >= 0.6 is 31.9 Å². The predicted molar refractivity (Wildman–Crippen MR) is 183 cm³/mol. The van der Waals surface area contributed by atoms with Gasteiger partial charge in [0.15, 0.2) is 0 Å². The third-order valence-electron chi connectivity index (χ3n) is 8.36. The number of allylic oxidation sites excluding steroid dienone is 4. The van der Waals surface area contributed by atoms with Crippen molar-refractivity contribution in [2.75, 3.05) is 0 Å². The molecule has 4 aromatic carbocycles. The van der Waals surface area contributed by atoms with Crippen molar-refractivity contribution in [3.05, 3.63) is 144 Å². The normalized spacial score (nSPS) is 13.6. The summed E-state index contributed by atoms with van der Waals surface area (Å²) in [7, 11) is 0. The molecule has 0 bridgehead atoms. The van der Waals surface area contributed by atoms with Gasteiger partial charge in [0.1, 0.15) is 0 Å². The smallest absolute Gasteiger partial charge is 1.00 e. The average molecular weight is 826 g/mol. The summed E-state index contributed by atoms with van der Waals surface area (Å²) in [6.45, 7) is 14.1. The Kier molecular flexibility index (Phi) is 10.7. The maximum atomic E-state index is 3.78. The van der Waals surface area contributed by atoms with Gasteiger partial charge in [-0.05, 0) is 0 Å². The van der Waals surface area contributed by atoms with Gasteiger partial charge < -0.3 is 24.8 Å². The van der Waals surface area contributed by atoms with Crippen LogP contribution in [-0.4, -0.2) is 0 Å². The Bertz CT molecular complexity index is 1910. The molecule has 0 atom stereocenters. The van der Waals surface area contributed by atoms with Crippen molar-refractivity contribution in [3.63, 3.8) is 0 Å². The van der Waals surface area contributed by atoms with Gasteiger partial charge in [-0.1, -0.05) is 0 Å². The second kappa shape index (κ2) is 13.3. The Morgan fingerprint density at radius 3 is 1.82 bits per heavy atom. The van der Waals surface area contributed by atoms with E-state index in [1.54, 1.807) is 0 Å². The monoisotopic (exact) mass is 821 g/mol. The maximum absolute atomic E-state index is 3.78. The van der Waals surface area contributed by atoms with E-state index in [1.807, 2.05) is 0 Å². The summed E-state index contributed by atoms with van der Waals surface area (Å²) in [6, 6.07) is 27.3. The summed E-state index contributed by atoms with van der Waals surface area (Å²) in [5.41, 5.74) is 13.5. The van der Waals surface area contributed by atoms with Crippen LogP contribution in [0.25, 0.3) is 25.6 Å². The van der Waals surface area contributed by atoms with Crippen LogP contribution in [0, 0.1) is 0 Å². The molecule has 2 aliphatic rings. The molecule has 44 heavy (non-hydrogen) atoms. The van der Waals surface area contributed by atoms with Crippen molar-refractivity contribution in [1.82, 2.24) is 0 Å². The van der Waals surface area contributed by atoms with E-state index in [0.717, 1.165) is 15.4 Å². The fraction of sp³-hybridized carbons (Fsp3) is 0.231. The van der Waals surface area contributed by atoms with Crippen LogP contribution < -0.4 is 35.3 Å². The zero-order valence-corrected chi connectivity index (χ0v) is 33.0. The van der Waals surface area contributed by atoms with Gasteiger partial charge in [-0.15, -0.1) is 0 Å². The Morgan fingerprint density at radius 2 is 1.32 bits per heavy atom. The fourth-order valence-corrected chi connectivity index (χ4v) is 8.38. The summed E-state index contributed by atoms with van der Waals surface area (Å²) < 4.78 is 3.65. The number of fused-ring (bicyclic) bond motifs is 3. The Balaban J connectivity index is 0.00000221. The van der Waals surface area contributed by atoms with Gasteiger partial charge in [-0.25, -0.2) is 0 Å². The van der Waals surface area contributed by atoms with E-state index in [1.165, 1.54) is 94.1 Å². The molecule has 6 rings (SSSR count). The van der Waals surface area contributed by atoms with E-state index in [0.29, 0.717) is 0 Å². The molecule has 4 aromatic rings. The third kappa shape index (κ3) is 6.52. The molecule has 0 aromatic heterocycles. The SMILES string of the molecule is CC(C)(C)c1ccc2c(c1)[C]([Zr+2])=c1c-2cc(=C(c2cccc(Br)c2)c2cccc(Br)c2)c(C(C)(C)C)c1C1=CC=CC1.[Cl-].[Cl-]. The van der Waals surface area contributed by atoms with Crippen molar-refractivity contribution >= 4 is 46.3 Å². The first-order chi connectivity index (χ1) is 19.8. The molecule has 0 spiro atoms. The van der Waals surface area contributed by atoms with Gasteiger partial charge in [-0.2, -0.15) is 0 Å². The number of benzene rings is 4. The van der Waals surface area contributed by atoms with Gasteiger partial charge in [0.2, 0.25) is 0 Å². The number of rotatable bonds is 3. The van der Waals surface area contributed by atoms with Crippen LogP contribution in [0.4, 0.5) is 0 Å². The van der Waals surface area contributed by atoms with Crippen LogP contribution in [0.3, 0.4) is 0 Å². The van der Waals surface area contributed by atoms with Crippen LogP contribution in [0.5, 0.6) is 0 Å². The molecule has 0 fully saturated rings. The second-order valence-electron chi connectivity index (χ2n) is 13.5. The molecular weight excluding hydrogens is 790 g/mol. The van der Waals surface area contributed by atoms with Crippen LogP contribution in [0.1, 0.15) is 81.3 Å². The number of hydrogen-bond donors (Lipinski definition) is 0. The van der Waals surface area contributed by atoms with E-state index in [4.69, 9.17) is 0 Å². The first kappa shape index (κ1) is 35.4. The predicted octanol–water partition coefficient (Wildman–Crippen LogP) is 4.09. The molecule has 0 amide bonds. The summed E-state index contributed by atoms with van der Waals surface area (Å²) in [4.78, 5) is 0. The van der Waals surface area contributed by atoms with Gasteiger partial charge >= 0.3 is 285 Å². The van der Waals surface area contributed by atoms with Crippen molar-refractivity contribution < 1.29 is 49.5 Å². The molecule has 5 heteroatoms. The quantitative estimate of drug-likeness (QED) is 0.293. The molecule has 2 aliphatic carbocycles. The molecule has 0 saturated carbocycles. The topological polar surface area (TPSA) is 0 Å². The van der Waals surface area contributed by atoms with E-state index < -0.39 is 0 Å². The van der Waals surface area contributed by atoms with E-state index >= 15 is 0 Å². The largest absolute Gasteiger partial charge is 1.00 e. The van der Waals surface area contributed by atoms with Crippen molar-refractivity contribution in [2.24, 2.45) is 0 Å². The molecular formula is C39H35Br2Cl2Zr. The first-order valence-electron chi connectivity index (χ1n) is 14.6. The fourth-order valence-electron chi connectivity index (χ4n) is 6.44. The zero-order chi connectivity index (χ0) is 30.0. The van der Waals surface area contributed by atoms with Crippen molar-refractivity contribution in [2.45, 2.75) is 58.8 Å². The van der Waals surface area contributed by atoms with Gasteiger partial charge in [0.05, 0.1) is 0 Å². The van der Waals surface area contributed by atoms with Gasteiger partial charge in [0.25, 0.3) is 0 Å². The average Bonchev–Trinajstić information content (AvgIpc) is 3.54. The zero-order valence-electron chi connectivity index (χ0n) is 25.9. The van der Waals surface area contributed by atoms with Crippen LogP contribution in [-0.2, 0) is 35.5 Å². The minimum absolute atomic E-state index is 0. The van der Waals surface area contributed by atoms with E-state index in [-0.39, 0.29) is 35.6 Å². The Morgan fingerprint density at radius 1 is 0.705 bits per heavy atom. The minimum atomic E-state index is -0.0892. The summed E-state index contributed by atoms with van der Waals surface area (Å²) in [6.07, 6.45) is 7.85. The van der Waals surface area contributed by atoms with Gasteiger partial charge in [0, 0.05) is 0 Å². The maximum Gasteiger partial charge on any atom is -1.00 e. The molecule has 0 unspecified atom stereocenters. The standard InChI is InChI=1S/C39H35Br2.2ClH.Zr/c1-38(2,3)28-17-18-31-27(19-28)22-33-32(31)23-34(37(39(4,5)6)36(33)24-11-7-8-12-24)35(25-13-9-15-29(40)20-25)26-14-10-16-30(41)21-26;;;/h7-11,13-21,23H,12H2,1-6H3;2*1H;/q;;;+2/p-2. The summed E-state index contributed by atoms with van der Waals surface area (Å²) in [5.74, 6) is 0. The number of hydrogen-bond acceptors (Lipinski definition) is 0. The molecule has 0 radical (unpaired) electrons. The van der Waals surface area contributed by atoms with E-state index in [9.17, 15) is 0 Å². The van der Waals surface area contributed by atoms with E-state index in [2.05, 4.69) is 164 Å². The third-order valence-corrected chi connectivity index (χ3v) is 10.6. The molecule has 223 valence electrons. The Labute approximate surface area is 306 Å². The molecule has 0 N–H and O–H groups in total. The summed E-state index contributed by atoms with van der Waals surface area (Å²) in [5, 5.41) is 2.76. The molecule has 0 nitrogen and oxygen atoms in total. The minimum Gasteiger partial charge on any atom is -1.00 e. The van der Waals surface area contributed by atoms with Gasteiger partial charge in [-0.3, -0.25) is 0 Å². The molecule has 0 saturated heterocycles. The second-order valence-corrected chi connectivity index (χ2v) is 16.5. The van der Waals surface area contributed by atoms with Crippen LogP contribution in [0.15, 0.2) is 100.0 Å². The summed E-state index contributed by atoms with van der Waals surface area (Å²) >= 11 is 9.02. The van der Waals surface area contributed by atoms with Crippen molar-refractivity contribution in [3.8, 4) is 11.1 Å². The molecule has 0 heterocycles. The first-order valence-corrected chi connectivity index (χ1v) is 17.4.